The molecule has 1 aromatic carbocycles. The first-order chi connectivity index (χ1) is 10.1. The molecule has 0 saturated carbocycles. The van der Waals surface area contributed by atoms with Gasteiger partial charge in [0.25, 0.3) is 0 Å². The summed E-state index contributed by atoms with van der Waals surface area (Å²) in [4.78, 5) is 12.1. The van der Waals surface area contributed by atoms with Crippen LogP contribution in [0.2, 0.25) is 0 Å². The molecule has 0 amide bonds. The second-order valence-electron chi connectivity index (χ2n) is 6.04. The first-order valence-electron chi connectivity index (χ1n) is 7.16. The third-order valence-electron chi connectivity index (χ3n) is 3.94. The van der Waals surface area contributed by atoms with E-state index >= 15 is 0 Å². The molecule has 0 fully saturated rings. The number of nitrogens with one attached hydrogen (secondary N) is 1. The number of imidazole rings is 1. The van der Waals surface area contributed by atoms with E-state index < -0.39 is 0 Å². The summed E-state index contributed by atoms with van der Waals surface area (Å²) in [6.45, 7) is 4.93. The van der Waals surface area contributed by atoms with Gasteiger partial charge in [-0.25, -0.2) is 4.98 Å². The van der Waals surface area contributed by atoms with Crippen LogP contribution in [-0.2, 0) is 11.8 Å². The average Bonchev–Trinajstić information content (AvgIpc) is 2.89. The van der Waals surface area contributed by atoms with Crippen LogP contribution in [0.1, 0.15) is 30.8 Å². The quantitative estimate of drug-likeness (QED) is 0.772. The molecule has 0 aliphatic rings. The molecular weight excluding hydrogens is 260 g/mol. The molecule has 3 aromatic rings. The highest BCUT2D eigenvalue weighted by Gasteiger charge is 2.19. The summed E-state index contributed by atoms with van der Waals surface area (Å²) < 4.78 is 0. The van der Waals surface area contributed by atoms with Crippen LogP contribution in [0.25, 0.3) is 11.0 Å². The first kappa shape index (κ1) is 13.8. The van der Waals surface area contributed by atoms with Gasteiger partial charge < -0.3 is 10.7 Å². The van der Waals surface area contributed by atoms with Gasteiger partial charge in [-0.1, -0.05) is 19.9 Å². The highest BCUT2D eigenvalue weighted by Crippen LogP contribution is 2.25. The Bertz CT molecular complexity index is 744. The van der Waals surface area contributed by atoms with Crippen molar-refractivity contribution in [1.29, 1.82) is 0 Å². The topological polar surface area (TPSA) is 67.6 Å². The van der Waals surface area contributed by atoms with Gasteiger partial charge in [0, 0.05) is 30.8 Å². The van der Waals surface area contributed by atoms with Crippen LogP contribution in [0.5, 0.6) is 0 Å². The first-order valence-corrected chi connectivity index (χ1v) is 7.16. The van der Waals surface area contributed by atoms with E-state index in [0.717, 1.165) is 23.3 Å². The largest absolute Gasteiger partial charge is 0.342 e. The number of aromatic nitrogens is 3. The monoisotopic (exact) mass is 280 g/mol. The summed E-state index contributed by atoms with van der Waals surface area (Å²) >= 11 is 0. The van der Waals surface area contributed by atoms with Crippen molar-refractivity contribution in [2.75, 3.05) is 6.54 Å². The van der Waals surface area contributed by atoms with Gasteiger partial charge in [-0.15, -0.1) is 0 Å². The summed E-state index contributed by atoms with van der Waals surface area (Å²) in [5, 5.41) is 0. The number of aromatic amines is 1. The van der Waals surface area contributed by atoms with E-state index in [4.69, 9.17) is 5.73 Å². The lowest BCUT2D eigenvalue weighted by Gasteiger charge is -2.22. The van der Waals surface area contributed by atoms with Crippen molar-refractivity contribution in [3.63, 3.8) is 0 Å². The van der Waals surface area contributed by atoms with E-state index in [1.54, 1.807) is 12.4 Å². The molecule has 0 saturated heterocycles. The maximum absolute atomic E-state index is 5.86. The van der Waals surface area contributed by atoms with E-state index in [0.29, 0.717) is 6.54 Å². The summed E-state index contributed by atoms with van der Waals surface area (Å²) in [6.07, 6.45) is 4.40. The Morgan fingerprint density at radius 1 is 1.14 bits per heavy atom. The molecule has 108 valence electrons. The fourth-order valence-electron chi connectivity index (χ4n) is 2.38. The zero-order valence-electron chi connectivity index (χ0n) is 12.4. The van der Waals surface area contributed by atoms with Gasteiger partial charge in [0.05, 0.1) is 11.0 Å². The third-order valence-corrected chi connectivity index (χ3v) is 3.94. The third kappa shape index (κ3) is 2.81. The van der Waals surface area contributed by atoms with Crippen LogP contribution in [0.15, 0.2) is 42.7 Å². The van der Waals surface area contributed by atoms with E-state index in [2.05, 4.69) is 47.0 Å². The van der Waals surface area contributed by atoms with E-state index in [-0.39, 0.29) is 5.41 Å². The van der Waals surface area contributed by atoms with Crippen LogP contribution in [0.4, 0.5) is 0 Å². The minimum Gasteiger partial charge on any atom is -0.342 e. The number of pyridine rings is 1. The van der Waals surface area contributed by atoms with Gasteiger partial charge >= 0.3 is 0 Å². The van der Waals surface area contributed by atoms with Crippen LogP contribution < -0.4 is 5.73 Å². The van der Waals surface area contributed by atoms with E-state index in [1.807, 2.05) is 12.1 Å². The lowest BCUT2D eigenvalue weighted by atomic mass is 9.85. The molecule has 0 radical (unpaired) electrons. The van der Waals surface area contributed by atoms with Gasteiger partial charge in [-0.3, -0.25) is 4.98 Å². The number of nitrogens with zero attached hydrogens (tertiary/aromatic N) is 2. The second-order valence-corrected chi connectivity index (χ2v) is 6.04. The molecule has 4 nitrogen and oxygen atoms in total. The Balaban J connectivity index is 1.93. The predicted molar refractivity (Wildman–Crippen MR) is 85.2 cm³/mol. The highest BCUT2D eigenvalue weighted by molar-refractivity contribution is 5.76. The SMILES string of the molecule is CC(C)(CN)c1ccc2nc(Cc3ccncc3)[nH]c2c1. The molecule has 0 aliphatic heterocycles. The Labute approximate surface area is 124 Å². The van der Waals surface area contributed by atoms with Crippen molar-refractivity contribution < 1.29 is 0 Å². The maximum Gasteiger partial charge on any atom is 0.111 e. The van der Waals surface area contributed by atoms with Crippen molar-refractivity contribution in [1.82, 2.24) is 15.0 Å². The number of hydrogen-bond donors (Lipinski definition) is 2. The number of H-pyrrole nitrogens is 1. The molecule has 0 atom stereocenters. The lowest BCUT2D eigenvalue weighted by molar-refractivity contribution is 0.539. The number of hydrogen-bond acceptors (Lipinski definition) is 3. The summed E-state index contributed by atoms with van der Waals surface area (Å²) in [6, 6.07) is 10.4. The van der Waals surface area contributed by atoms with Gasteiger partial charge in [0.15, 0.2) is 0 Å². The predicted octanol–water partition coefficient (Wildman–Crippen LogP) is 2.79. The van der Waals surface area contributed by atoms with Crippen molar-refractivity contribution in [3.05, 3.63) is 59.7 Å². The van der Waals surface area contributed by atoms with Crippen LogP contribution >= 0.6 is 0 Å². The molecule has 3 rings (SSSR count). The van der Waals surface area contributed by atoms with Crippen molar-refractivity contribution in [3.8, 4) is 0 Å². The van der Waals surface area contributed by atoms with Crippen LogP contribution in [0.3, 0.4) is 0 Å². The van der Waals surface area contributed by atoms with Crippen molar-refractivity contribution in [2.45, 2.75) is 25.7 Å². The van der Waals surface area contributed by atoms with Gasteiger partial charge in [-0.05, 0) is 35.4 Å². The Morgan fingerprint density at radius 3 is 2.62 bits per heavy atom. The zero-order valence-corrected chi connectivity index (χ0v) is 12.4. The molecule has 0 bridgehead atoms. The van der Waals surface area contributed by atoms with Gasteiger partial charge in [-0.2, -0.15) is 0 Å². The summed E-state index contributed by atoms with van der Waals surface area (Å²) in [7, 11) is 0. The second kappa shape index (κ2) is 5.30. The van der Waals surface area contributed by atoms with Gasteiger partial charge in [0.2, 0.25) is 0 Å². The molecule has 4 heteroatoms. The highest BCUT2D eigenvalue weighted by atomic mass is 14.9. The number of fused-ring (bicyclic) bond motifs is 1. The zero-order chi connectivity index (χ0) is 14.9. The van der Waals surface area contributed by atoms with E-state index in [9.17, 15) is 0 Å². The minimum atomic E-state index is -0.0233. The molecule has 0 aliphatic carbocycles. The lowest BCUT2D eigenvalue weighted by Crippen LogP contribution is -2.27. The summed E-state index contributed by atoms with van der Waals surface area (Å²) in [5.41, 5.74) is 10.3. The number of benzene rings is 1. The van der Waals surface area contributed by atoms with Crippen molar-refractivity contribution >= 4 is 11.0 Å². The molecule has 0 spiro atoms. The maximum atomic E-state index is 5.86. The molecule has 0 unspecified atom stereocenters. The average molecular weight is 280 g/mol. The Morgan fingerprint density at radius 2 is 1.90 bits per heavy atom. The van der Waals surface area contributed by atoms with E-state index in [1.165, 1.54) is 11.1 Å². The molecular formula is C17H20N4. The van der Waals surface area contributed by atoms with Crippen LogP contribution in [-0.4, -0.2) is 21.5 Å². The van der Waals surface area contributed by atoms with Crippen molar-refractivity contribution in [2.24, 2.45) is 5.73 Å². The number of nitrogens with two attached hydrogens (primary N) is 1. The standard InChI is InChI=1S/C17H20N4/c1-17(2,11-18)13-3-4-14-15(10-13)21-16(20-14)9-12-5-7-19-8-6-12/h3-8,10H,9,11,18H2,1-2H3,(H,20,21). The molecule has 3 N–H and O–H groups in total. The van der Waals surface area contributed by atoms with Crippen LogP contribution in [0, 0.1) is 0 Å². The normalized spacial score (nSPS) is 12.0. The number of rotatable bonds is 4. The fourth-order valence-corrected chi connectivity index (χ4v) is 2.38. The summed E-state index contributed by atoms with van der Waals surface area (Å²) in [5.74, 6) is 0.971. The van der Waals surface area contributed by atoms with Gasteiger partial charge in [0.1, 0.15) is 5.82 Å². The molecule has 2 aromatic heterocycles. The Hall–Kier alpha value is -2.20. The fraction of sp³-hybridized carbons (Fsp3) is 0.294. The minimum absolute atomic E-state index is 0.0233. The molecule has 2 heterocycles. The smallest absolute Gasteiger partial charge is 0.111 e. The molecule has 21 heavy (non-hydrogen) atoms. The Kier molecular flexibility index (Phi) is 3.47.